The average molecular weight is 371 g/mol. The fourth-order valence-corrected chi connectivity index (χ4v) is 3.24. The first kappa shape index (κ1) is 16.5. The van der Waals surface area contributed by atoms with E-state index in [1.807, 2.05) is 0 Å². The maximum Gasteiger partial charge on any atom is 0.352 e. The Kier molecular flexibility index (Phi) is 5.88. The van der Waals surface area contributed by atoms with E-state index in [9.17, 15) is 10.1 Å². The highest BCUT2D eigenvalue weighted by Gasteiger charge is 2.30. The predicted molar refractivity (Wildman–Crippen MR) is 92.4 cm³/mol. The van der Waals surface area contributed by atoms with Gasteiger partial charge in [-0.2, -0.15) is 0 Å². The van der Waals surface area contributed by atoms with Crippen molar-refractivity contribution in [2.24, 2.45) is 0 Å². The lowest BCUT2D eigenvalue weighted by atomic mass is 10.1. The van der Waals surface area contributed by atoms with Crippen LogP contribution in [-0.4, -0.2) is 54.0 Å². The van der Waals surface area contributed by atoms with E-state index in [1.54, 1.807) is 11.6 Å². The second-order valence-electron chi connectivity index (χ2n) is 6.45. The normalized spacial score (nSPS) is 23.3. The Morgan fingerprint density at radius 3 is 2.85 bits per heavy atom. The lowest BCUT2D eigenvalue weighted by molar-refractivity contribution is -0.386. The largest absolute Gasteiger partial charge is 0.472 e. The molecule has 0 saturated carbocycles. The van der Waals surface area contributed by atoms with Crippen LogP contribution in [0.3, 0.4) is 0 Å². The number of hydrogen-bond donors (Lipinski definition) is 0. The molecule has 0 aliphatic carbocycles. The number of aromatic nitrogens is 2. The molecule has 2 aliphatic rings. The Morgan fingerprint density at radius 1 is 1.35 bits per heavy atom. The van der Waals surface area contributed by atoms with Gasteiger partial charge in [0, 0.05) is 26.2 Å². The zero-order chi connectivity index (χ0) is 20.1. The van der Waals surface area contributed by atoms with Gasteiger partial charge in [-0.1, -0.05) is 0 Å². The van der Waals surface area contributed by atoms with E-state index in [0.29, 0.717) is 38.4 Å². The molecule has 9 nitrogen and oxygen atoms in total. The molecule has 1 atom stereocenters. The van der Waals surface area contributed by atoms with Crippen LogP contribution >= 0.6 is 0 Å². The van der Waals surface area contributed by atoms with Crippen molar-refractivity contribution in [3.05, 3.63) is 15.8 Å². The van der Waals surface area contributed by atoms with E-state index in [1.165, 1.54) is 0 Å². The van der Waals surface area contributed by atoms with E-state index < -0.39 is 11.5 Å². The molecular weight excluding hydrogens is 342 g/mol. The molecule has 0 radical (unpaired) electrons. The molecule has 0 N–H and O–H groups in total. The molecule has 1 aromatic rings. The third kappa shape index (κ3) is 4.72. The molecule has 3 rings (SSSR count). The highest BCUT2D eigenvalue weighted by atomic mass is 16.7. The van der Waals surface area contributed by atoms with Gasteiger partial charge in [0.2, 0.25) is 0 Å². The van der Waals surface area contributed by atoms with Crippen LogP contribution in [0, 0.1) is 17.0 Å². The van der Waals surface area contributed by atoms with Gasteiger partial charge in [-0.05, 0) is 39.0 Å². The minimum atomic E-state index is -2.15. The number of nitro groups is 1. The summed E-state index contributed by atoms with van der Waals surface area (Å²) in [6.07, 6.45) is 3.78. The summed E-state index contributed by atoms with van der Waals surface area (Å²) >= 11 is 0. The molecule has 2 saturated heterocycles. The van der Waals surface area contributed by atoms with Gasteiger partial charge in [0.05, 0.1) is 26.9 Å². The Hall–Kier alpha value is -1.71. The molecule has 9 heteroatoms. The lowest BCUT2D eigenvalue weighted by Crippen LogP contribution is -2.23. The number of ether oxygens (including phenoxy) is 4. The van der Waals surface area contributed by atoms with Crippen LogP contribution in [0.4, 0.5) is 5.69 Å². The van der Waals surface area contributed by atoms with Crippen molar-refractivity contribution in [2.45, 2.75) is 57.8 Å². The van der Waals surface area contributed by atoms with Gasteiger partial charge in [0.15, 0.2) is 6.29 Å². The van der Waals surface area contributed by atoms with Crippen molar-refractivity contribution in [3.63, 3.8) is 0 Å². The van der Waals surface area contributed by atoms with Crippen molar-refractivity contribution >= 4 is 5.69 Å². The molecule has 3 heterocycles. The average Bonchev–Trinajstić information content (AvgIpc) is 2.98. The van der Waals surface area contributed by atoms with E-state index in [0.717, 1.165) is 19.3 Å². The molecule has 0 bridgehead atoms. The fourth-order valence-electron chi connectivity index (χ4n) is 3.24. The Morgan fingerprint density at radius 2 is 2.15 bits per heavy atom. The monoisotopic (exact) mass is 371 g/mol. The van der Waals surface area contributed by atoms with Crippen LogP contribution in [0.5, 0.6) is 5.88 Å². The number of hydrogen-bond acceptors (Lipinski definition) is 7. The van der Waals surface area contributed by atoms with E-state index >= 15 is 0 Å². The van der Waals surface area contributed by atoms with Gasteiger partial charge in [-0.15, -0.1) is 5.10 Å². The van der Waals surface area contributed by atoms with Crippen LogP contribution in [0.25, 0.3) is 0 Å². The molecule has 26 heavy (non-hydrogen) atoms. The summed E-state index contributed by atoms with van der Waals surface area (Å²) in [5.74, 6) is -0.298. The first-order valence-electron chi connectivity index (χ1n) is 10.1. The quantitative estimate of drug-likeness (QED) is 0.512. The Labute approximate surface area is 155 Å². The molecule has 0 spiro atoms. The third-order valence-corrected chi connectivity index (χ3v) is 4.62. The van der Waals surface area contributed by atoms with Crippen molar-refractivity contribution < 1.29 is 26.6 Å². The van der Waals surface area contributed by atoms with E-state index in [2.05, 4.69) is 5.10 Å². The SMILES string of the molecule is [2H]C([2H])(CCOC1CCCCO1)Oc1nn(C2CCOCC2)c(C)c1[N+](=O)[O-]. The zero-order valence-electron chi connectivity index (χ0n) is 17.0. The summed E-state index contributed by atoms with van der Waals surface area (Å²) in [7, 11) is 0. The van der Waals surface area contributed by atoms with Gasteiger partial charge in [0.25, 0.3) is 0 Å². The highest BCUT2D eigenvalue weighted by molar-refractivity contribution is 5.45. The molecule has 0 aromatic carbocycles. The molecule has 2 aliphatic heterocycles. The summed E-state index contributed by atoms with van der Waals surface area (Å²) in [4.78, 5) is 11.0. The second-order valence-corrected chi connectivity index (χ2v) is 6.45. The topological polar surface area (TPSA) is 97.9 Å². The standard InChI is InChI=1S/C17H27N3O6/c1-13-16(20(21)22)17(18-19(13)14-6-11-23-12-7-14)26-10-4-9-25-15-5-2-3-8-24-15/h14-15H,2-12H2,1H3/i10D2. The van der Waals surface area contributed by atoms with Crippen LogP contribution in [0.1, 0.15) is 53.0 Å². The third-order valence-electron chi connectivity index (χ3n) is 4.62. The fraction of sp³-hybridized carbons (Fsp3) is 0.824. The molecule has 146 valence electrons. The van der Waals surface area contributed by atoms with Crippen LogP contribution in [0.15, 0.2) is 0 Å². The summed E-state index contributed by atoms with van der Waals surface area (Å²) in [6, 6.07) is -0.0255. The maximum absolute atomic E-state index is 11.5. The zero-order valence-corrected chi connectivity index (χ0v) is 15.0. The van der Waals surface area contributed by atoms with Crippen LogP contribution < -0.4 is 4.74 Å². The Bertz CT molecular complexity index is 672. The molecule has 2 fully saturated rings. The summed E-state index contributed by atoms with van der Waals surface area (Å²) in [5.41, 5.74) is 0.0569. The number of nitrogens with zero attached hydrogens (tertiary/aromatic N) is 3. The predicted octanol–water partition coefficient (Wildman–Crippen LogP) is 2.76. The van der Waals surface area contributed by atoms with Gasteiger partial charge < -0.3 is 18.9 Å². The molecule has 1 unspecified atom stereocenters. The van der Waals surface area contributed by atoms with Gasteiger partial charge in [0.1, 0.15) is 5.69 Å². The lowest BCUT2D eigenvalue weighted by Gasteiger charge is -2.23. The molecule has 0 amide bonds. The maximum atomic E-state index is 11.5. The summed E-state index contributed by atoms with van der Waals surface area (Å²) < 4.78 is 39.4. The minimum absolute atomic E-state index is 0.0255. The Balaban J connectivity index is 1.66. The van der Waals surface area contributed by atoms with Crippen molar-refractivity contribution in [1.29, 1.82) is 0 Å². The molecular formula is C17H27N3O6. The van der Waals surface area contributed by atoms with Crippen molar-refractivity contribution in [2.75, 3.05) is 33.0 Å². The van der Waals surface area contributed by atoms with Crippen molar-refractivity contribution in [1.82, 2.24) is 9.78 Å². The van der Waals surface area contributed by atoms with E-state index in [4.69, 9.17) is 21.7 Å². The van der Waals surface area contributed by atoms with E-state index in [-0.39, 0.29) is 36.9 Å². The highest BCUT2D eigenvalue weighted by Crippen LogP contribution is 2.34. The van der Waals surface area contributed by atoms with Gasteiger partial charge in [-0.25, -0.2) is 0 Å². The van der Waals surface area contributed by atoms with Crippen LogP contribution in [-0.2, 0) is 14.2 Å². The van der Waals surface area contributed by atoms with Gasteiger partial charge in [-0.3, -0.25) is 14.8 Å². The van der Waals surface area contributed by atoms with Crippen LogP contribution in [0.2, 0.25) is 0 Å². The first-order valence-corrected chi connectivity index (χ1v) is 9.11. The first-order chi connectivity index (χ1) is 13.4. The molecule has 1 aromatic heterocycles. The minimum Gasteiger partial charge on any atom is -0.472 e. The summed E-state index contributed by atoms with van der Waals surface area (Å²) in [6.45, 7) is 1.31. The second kappa shape index (κ2) is 9.29. The smallest absolute Gasteiger partial charge is 0.352 e. The number of rotatable bonds is 8. The van der Waals surface area contributed by atoms with Crippen molar-refractivity contribution in [3.8, 4) is 5.88 Å². The van der Waals surface area contributed by atoms with Gasteiger partial charge >= 0.3 is 11.6 Å². The summed E-state index contributed by atoms with van der Waals surface area (Å²) in [5, 5.41) is 15.8.